The van der Waals surface area contributed by atoms with Gasteiger partial charge in [0.25, 0.3) is 5.91 Å². The van der Waals surface area contributed by atoms with Gasteiger partial charge in [-0.1, -0.05) is 24.3 Å². The first-order chi connectivity index (χ1) is 14.7. The number of halogens is 3. The van der Waals surface area contributed by atoms with Crippen LogP contribution < -0.4 is 15.4 Å². The molecule has 0 radical (unpaired) electrons. The molecule has 0 atom stereocenters. The van der Waals surface area contributed by atoms with Crippen LogP contribution in [0.25, 0.3) is 0 Å². The Hall–Kier alpha value is -3.62. The van der Waals surface area contributed by atoms with Crippen molar-refractivity contribution in [1.29, 1.82) is 0 Å². The molecule has 2 N–H and O–H groups in total. The number of hydrogen-bond acceptors (Lipinski definition) is 5. The summed E-state index contributed by atoms with van der Waals surface area (Å²) in [5, 5.41) is 5.45. The summed E-state index contributed by atoms with van der Waals surface area (Å²) in [6.07, 6.45) is -4.07. The number of aromatic nitrogens is 2. The molecule has 6 nitrogen and oxygen atoms in total. The maximum atomic E-state index is 13.6. The molecule has 0 aliphatic rings. The van der Waals surface area contributed by atoms with E-state index in [2.05, 4.69) is 20.6 Å². The number of benzene rings is 2. The average molecular weight is 430 g/mol. The summed E-state index contributed by atoms with van der Waals surface area (Å²) < 4.78 is 46.0. The molecule has 1 amide bonds. The zero-order valence-corrected chi connectivity index (χ0v) is 17.2. The van der Waals surface area contributed by atoms with Gasteiger partial charge in [-0.2, -0.15) is 13.2 Å². The smallest absolute Gasteiger partial charge is 0.419 e. The van der Waals surface area contributed by atoms with Crippen LogP contribution in [0.5, 0.6) is 5.75 Å². The van der Waals surface area contributed by atoms with E-state index in [0.717, 1.165) is 11.8 Å². The maximum absolute atomic E-state index is 13.6. The molecule has 0 aliphatic heterocycles. The number of hydrogen-bond donors (Lipinski definition) is 2. The van der Waals surface area contributed by atoms with Crippen LogP contribution >= 0.6 is 0 Å². The van der Waals surface area contributed by atoms with E-state index >= 15 is 0 Å². The second kappa shape index (κ2) is 9.03. The first kappa shape index (κ1) is 22.1. The Bertz CT molecular complexity index is 1100. The first-order valence-electron chi connectivity index (χ1n) is 9.37. The number of carbonyl (C=O) groups excluding carboxylic acids is 1. The molecule has 2 aromatic carbocycles. The van der Waals surface area contributed by atoms with Gasteiger partial charge in [0, 0.05) is 37.0 Å². The lowest BCUT2D eigenvalue weighted by Gasteiger charge is -2.16. The first-order valence-corrected chi connectivity index (χ1v) is 9.37. The minimum Gasteiger partial charge on any atom is -0.497 e. The molecule has 3 aromatic rings. The fourth-order valence-electron chi connectivity index (χ4n) is 3.04. The SMILES string of the molecule is CNC(=O)c1ccccc1Cc1nc(Nc2cc(OC)ccc2C)ncc1C(F)(F)F. The van der Waals surface area contributed by atoms with Crippen LogP contribution in [0.2, 0.25) is 0 Å². The highest BCUT2D eigenvalue weighted by Crippen LogP contribution is 2.33. The van der Waals surface area contributed by atoms with Gasteiger partial charge in [-0.15, -0.1) is 0 Å². The van der Waals surface area contributed by atoms with E-state index in [4.69, 9.17) is 4.74 Å². The number of carbonyl (C=O) groups is 1. The van der Waals surface area contributed by atoms with Crippen molar-refractivity contribution in [2.45, 2.75) is 19.5 Å². The summed E-state index contributed by atoms with van der Waals surface area (Å²) in [5.41, 5.74) is 0.977. The lowest BCUT2D eigenvalue weighted by atomic mass is 10.00. The van der Waals surface area contributed by atoms with Gasteiger partial charge < -0.3 is 15.4 Å². The number of methoxy groups -OCH3 is 1. The van der Waals surface area contributed by atoms with Crippen molar-refractivity contribution in [2.75, 3.05) is 19.5 Å². The molecule has 0 unspecified atom stereocenters. The van der Waals surface area contributed by atoms with Crippen molar-refractivity contribution < 1.29 is 22.7 Å². The number of nitrogens with zero attached hydrogens (tertiary/aromatic N) is 2. The third-order valence-electron chi connectivity index (χ3n) is 4.71. The maximum Gasteiger partial charge on any atom is 0.419 e. The van der Waals surface area contributed by atoms with Crippen LogP contribution in [-0.2, 0) is 12.6 Å². The second-order valence-corrected chi connectivity index (χ2v) is 6.77. The van der Waals surface area contributed by atoms with E-state index in [1.165, 1.54) is 14.2 Å². The lowest BCUT2D eigenvalue weighted by Crippen LogP contribution is -2.20. The molecule has 0 spiro atoms. The van der Waals surface area contributed by atoms with Gasteiger partial charge in [-0.25, -0.2) is 9.97 Å². The van der Waals surface area contributed by atoms with Gasteiger partial charge in [0.1, 0.15) is 5.75 Å². The number of aryl methyl sites for hydroxylation is 1. The quantitative estimate of drug-likeness (QED) is 0.602. The molecule has 0 fully saturated rings. The van der Waals surface area contributed by atoms with E-state index < -0.39 is 11.7 Å². The van der Waals surface area contributed by atoms with Crippen LogP contribution in [0.15, 0.2) is 48.7 Å². The Morgan fingerprint density at radius 1 is 1.16 bits per heavy atom. The molecule has 0 aliphatic carbocycles. The molecule has 0 saturated heterocycles. The summed E-state index contributed by atoms with van der Waals surface area (Å²) >= 11 is 0. The summed E-state index contributed by atoms with van der Waals surface area (Å²) in [5.74, 6) is 0.208. The number of alkyl halides is 3. The van der Waals surface area contributed by atoms with Gasteiger partial charge in [-0.05, 0) is 30.2 Å². The minimum absolute atomic E-state index is 0.0109. The number of amides is 1. The lowest BCUT2D eigenvalue weighted by molar-refractivity contribution is -0.138. The fraction of sp³-hybridized carbons (Fsp3) is 0.227. The molecular formula is C22H21F3N4O2. The average Bonchev–Trinajstić information content (AvgIpc) is 2.74. The Balaban J connectivity index is 2.02. The molecule has 1 aromatic heterocycles. The van der Waals surface area contributed by atoms with Crippen LogP contribution in [-0.4, -0.2) is 30.0 Å². The van der Waals surface area contributed by atoms with Crippen LogP contribution in [0, 0.1) is 6.92 Å². The van der Waals surface area contributed by atoms with Crippen molar-refractivity contribution in [3.8, 4) is 5.75 Å². The molecule has 162 valence electrons. The van der Waals surface area contributed by atoms with Crippen molar-refractivity contribution in [2.24, 2.45) is 0 Å². The zero-order valence-electron chi connectivity index (χ0n) is 17.2. The largest absolute Gasteiger partial charge is 0.497 e. The Morgan fingerprint density at radius 3 is 2.58 bits per heavy atom. The van der Waals surface area contributed by atoms with E-state index in [0.29, 0.717) is 17.0 Å². The van der Waals surface area contributed by atoms with Crippen molar-refractivity contribution in [1.82, 2.24) is 15.3 Å². The number of nitrogens with one attached hydrogen (secondary N) is 2. The molecule has 0 bridgehead atoms. The number of rotatable bonds is 6. The third kappa shape index (κ3) is 5.11. The predicted octanol–water partition coefficient (Wildman–Crippen LogP) is 4.51. The minimum atomic E-state index is -4.64. The standard InChI is InChI=1S/C22H21F3N4O2/c1-13-8-9-15(31-3)11-18(13)28-21-27-12-17(22(23,24)25)19(29-21)10-14-6-4-5-7-16(14)20(30)26-2/h4-9,11-12H,10H2,1-3H3,(H,26,30)(H,27,28,29). The Kier molecular flexibility index (Phi) is 6.43. The van der Waals surface area contributed by atoms with Crippen LogP contribution in [0.4, 0.5) is 24.8 Å². The van der Waals surface area contributed by atoms with Gasteiger partial charge in [-0.3, -0.25) is 4.79 Å². The molecule has 0 saturated carbocycles. The topological polar surface area (TPSA) is 76.1 Å². The Labute approximate surface area is 177 Å². The summed E-state index contributed by atoms with van der Waals surface area (Å²) in [6, 6.07) is 11.8. The Morgan fingerprint density at radius 2 is 1.90 bits per heavy atom. The van der Waals surface area contributed by atoms with Crippen molar-refractivity contribution in [3.63, 3.8) is 0 Å². The summed E-state index contributed by atoms with van der Waals surface area (Å²) in [7, 11) is 2.98. The fourth-order valence-corrected chi connectivity index (χ4v) is 3.04. The van der Waals surface area contributed by atoms with E-state index in [9.17, 15) is 18.0 Å². The van der Waals surface area contributed by atoms with E-state index in [1.54, 1.807) is 36.4 Å². The third-order valence-corrected chi connectivity index (χ3v) is 4.71. The monoisotopic (exact) mass is 430 g/mol. The highest BCUT2D eigenvalue weighted by Gasteiger charge is 2.35. The summed E-state index contributed by atoms with van der Waals surface area (Å²) in [4.78, 5) is 20.1. The molecule has 31 heavy (non-hydrogen) atoms. The van der Waals surface area contributed by atoms with Gasteiger partial charge in [0.2, 0.25) is 5.95 Å². The van der Waals surface area contributed by atoms with Gasteiger partial charge in [0.15, 0.2) is 0 Å². The van der Waals surface area contributed by atoms with Gasteiger partial charge in [0.05, 0.1) is 18.4 Å². The van der Waals surface area contributed by atoms with Crippen LogP contribution in [0.1, 0.15) is 32.7 Å². The van der Waals surface area contributed by atoms with Crippen LogP contribution in [0.3, 0.4) is 0 Å². The summed E-state index contributed by atoms with van der Waals surface area (Å²) in [6.45, 7) is 1.84. The van der Waals surface area contributed by atoms with E-state index in [1.807, 2.05) is 13.0 Å². The van der Waals surface area contributed by atoms with E-state index in [-0.39, 0.29) is 29.5 Å². The zero-order chi connectivity index (χ0) is 22.6. The van der Waals surface area contributed by atoms with Crippen molar-refractivity contribution in [3.05, 3.63) is 76.6 Å². The highest BCUT2D eigenvalue weighted by molar-refractivity contribution is 5.95. The number of anilines is 2. The van der Waals surface area contributed by atoms with Crippen molar-refractivity contribution >= 4 is 17.5 Å². The van der Waals surface area contributed by atoms with Gasteiger partial charge >= 0.3 is 6.18 Å². The molecule has 9 heteroatoms. The number of ether oxygens (including phenoxy) is 1. The normalized spacial score (nSPS) is 11.2. The molecule has 1 heterocycles. The molecule has 3 rings (SSSR count). The molecular weight excluding hydrogens is 409 g/mol. The second-order valence-electron chi connectivity index (χ2n) is 6.77. The predicted molar refractivity (Wildman–Crippen MR) is 111 cm³/mol. The highest BCUT2D eigenvalue weighted by atomic mass is 19.4.